The Bertz CT molecular complexity index is 484. The van der Waals surface area contributed by atoms with Crippen LogP contribution in [0.25, 0.3) is 0 Å². The predicted molar refractivity (Wildman–Crippen MR) is 77.7 cm³/mol. The molecule has 94 valence electrons. The van der Waals surface area contributed by atoms with Gasteiger partial charge in [0.2, 0.25) is 0 Å². The van der Waals surface area contributed by atoms with Crippen LogP contribution >= 0.6 is 11.3 Å². The number of piperazine rings is 1. The van der Waals surface area contributed by atoms with Crippen molar-refractivity contribution in [1.82, 2.24) is 4.98 Å². The van der Waals surface area contributed by atoms with E-state index in [2.05, 4.69) is 51.4 Å². The molecule has 0 radical (unpaired) electrons. The smallest absolute Gasteiger partial charge is 0.139 e. The van der Waals surface area contributed by atoms with Gasteiger partial charge in [0.15, 0.2) is 0 Å². The molecule has 0 atom stereocenters. The molecule has 1 aliphatic heterocycles. The number of benzene rings is 1. The minimum absolute atomic E-state index is 1.05. The van der Waals surface area contributed by atoms with E-state index < -0.39 is 0 Å². The van der Waals surface area contributed by atoms with Crippen LogP contribution in [0.2, 0.25) is 0 Å². The maximum atomic E-state index is 4.38. The van der Waals surface area contributed by atoms with E-state index in [1.54, 1.807) is 11.3 Å². The predicted octanol–water partition coefficient (Wildman–Crippen LogP) is 2.78. The van der Waals surface area contributed by atoms with Gasteiger partial charge >= 0.3 is 0 Å². The Labute approximate surface area is 112 Å². The Morgan fingerprint density at radius 2 is 1.67 bits per heavy atom. The SMILES string of the molecule is Cc1ccc(N2CCN(c3cscn3)CC2)cc1. The molecular weight excluding hydrogens is 242 g/mol. The van der Waals surface area contributed by atoms with Gasteiger partial charge in [-0.1, -0.05) is 17.7 Å². The lowest BCUT2D eigenvalue weighted by Gasteiger charge is -2.36. The van der Waals surface area contributed by atoms with Crippen LogP contribution in [0.4, 0.5) is 11.5 Å². The van der Waals surface area contributed by atoms with Gasteiger partial charge in [-0.2, -0.15) is 0 Å². The summed E-state index contributed by atoms with van der Waals surface area (Å²) in [4.78, 5) is 9.18. The second-order valence-corrected chi connectivity index (χ2v) is 5.37. The van der Waals surface area contributed by atoms with Crippen LogP contribution in [-0.4, -0.2) is 31.2 Å². The van der Waals surface area contributed by atoms with Gasteiger partial charge in [0.1, 0.15) is 5.82 Å². The lowest BCUT2D eigenvalue weighted by atomic mass is 10.2. The van der Waals surface area contributed by atoms with Gasteiger partial charge in [-0.15, -0.1) is 11.3 Å². The van der Waals surface area contributed by atoms with E-state index in [4.69, 9.17) is 0 Å². The zero-order chi connectivity index (χ0) is 12.4. The summed E-state index contributed by atoms with van der Waals surface area (Å²) in [5.41, 5.74) is 4.56. The monoisotopic (exact) mass is 259 g/mol. The third kappa shape index (κ3) is 2.34. The number of anilines is 2. The van der Waals surface area contributed by atoms with E-state index in [-0.39, 0.29) is 0 Å². The van der Waals surface area contributed by atoms with E-state index in [9.17, 15) is 0 Å². The molecule has 1 saturated heterocycles. The van der Waals surface area contributed by atoms with Gasteiger partial charge in [-0.3, -0.25) is 0 Å². The molecule has 0 amide bonds. The van der Waals surface area contributed by atoms with Crippen LogP contribution in [0.1, 0.15) is 5.56 Å². The number of rotatable bonds is 2. The van der Waals surface area contributed by atoms with Crippen LogP contribution in [0.3, 0.4) is 0 Å². The molecule has 0 N–H and O–H groups in total. The van der Waals surface area contributed by atoms with Gasteiger partial charge in [0, 0.05) is 37.2 Å². The van der Waals surface area contributed by atoms with Crippen molar-refractivity contribution >= 4 is 22.8 Å². The Morgan fingerprint density at radius 1 is 1.00 bits per heavy atom. The average molecular weight is 259 g/mol. The summed E-state index contributed by atoms with van der Waals surface area (Å²) in [7, 11) is 0. The summed E-state index contributed by atoms with van der Waals surface area (Å²) in [5, 5.41) is 2.13. The summed E-state index contributed by atoms with van der Waals surface area (Å²) >= 11 is 1.67. The molecule has 0 bridgehead atoms. The molecule has 0 aliphatic carbocycles. The molecule has 2 aromatic rings. The van der Waals surface area contributed by atoms with Gasteiger partial charge in [0.25, 0.3) is 0 Å². The fourth-order valence-corrected chi connectivity index (χ4v) is 2.87. The zero-order valence-electron chi connectivity index (χ0n) is 10.5. The minimum atomic E-state index is 1.05. The first-order valence-corrected chi connectivity index (χ1v) is 7.22. The van der Waals surface area contributed by atoms with Crippen molar-refractivity contribution in [1.29, 1.82) is 0 Å². The van der Waals surface area contributed by atoms with E-state index in [1.807, 2.05) is 5.51 Å². The van der Waals surface area contributed by atoms with Gasteiger partial charge in [0.05, 0.1) is 5.51 Å². The molecule has 0 spiro atoms. The van der Waals surface area contributed by atoms with Crippen molar-refractivity contribution in [3.63, 3.8) is 0 Å². The topological polar surface area (TPSA) is 19.4 Å². The molecule has 1 fully saturated rings. The first-order valence-electron chi connectivity index (χ1n) is 6.28. The van der Waals surface area contributed by atoms with Crippen LogP contribution in [0.5, 0.6) is 0 Å². The van der Waals surface area contributed by atoms with E-state index in [0.717, 1.165) is 32.0 Å². The Hall–Kier alpha value is -1.55. The summed E-state index contributed by atoms with van der Waals surface area (Å²) in [6.07, 6.45) is 0. The number of thiazole rings is 1. The molecule has 18 heavy (non-hydrogen) atoms. The fraction of sp³-hybridized carbons (Fsp3) is 0.357. The highest BCUT2D eigenvalue weighted by Gasteiger charge is 2.18. The van der Waals surface area contributed by atoms with Gasteiger partial charge < -0.3 is 9.80 Å². The highest BCUT2D eigenvalue weighted by molar-refractivity contribution is 7.07. The van der Waals surface area contributed by atoms with E-state index in [0.29, 0.717) is 0 Å². The standard InChI is InChI=1S/C14H17N3S/c1-12-2-4-13(5-3-12)16-6-8-17(9-7-16)14-10-18-11-15-14/h2-5,10-11H,6-9H2,1H3. The summed E-state index contributed by atoms with van der Waals surface area (Å²) in [5.74, 6) is 1.13. The molecule has 2 heterocycles. The Balaban J connectivity index is 1.65. The first kappa shape index (κ1) is 11.5. The largest absolute Gasteiger partial charge is 0.368 e. The number of aryl methyl sites for hydroxylation is 1. The van der Waals surface area contributed by atoms with Crippen molar-refractivity contribution in [3.8, 4) is 0 Å². The quantitative estimate of drug-likeness (QED) is 0.826. The summed E-state index contributed by atoms with van der Waals surface area (Å²) < 4.78 is 0. The molecule has 3 rings (SSSR count). The fourth-order valence-electron chi connectivity index (χ4n) is 2.31. The highest BCUT2D eigenvalue weighted by Crippen LogP contribution is 2.20. The Kier molecular flexibility index (Phi) is 3.19. The molecular formula is C14H17N3S. The van der Waals surface area contributed by atoms with Crippen LogP contribution in [-0.2, 0) is 0 Å². The molecule has 0 unspecified atom stereocenters. The van der Waals surface area contributed by atoms with E-state index >= 15 is 0 Å². The lowest BCUT2D eigenvalue weighted by molar-refractivity contribution is 0.649. The molecule has 3 nitrogen and oxygen atoms in total. The lowest BCUT2D eigenvalue weighted by Crippen LogP contribution is -2.46. The van der Waals surface area contributed by atoms with Gasteiger partial charge in [-0.05, 0) is 19.1 Å². The average Bonchev–Trinajstić information content (AvgIpc) is 2.94. The number of hydrogen-bond donors (Lipinski definition) is 0. The third-order valence-corrected chi connectivity index (χ3v) is 4.00. The zero-order valence-corrected chi connectivity index (χ0v) is 11.4. The first-order chi connectivity index (χ1) is 8.83. The van der Waals surface area contributed by atoms with Crippen molar-refractivity contribution in [2.24, 2.45) is 0 Å². The normalized spacial score (nSPS) is 16.1. The molecule has 1 aliphatic rings. The van der Waals surface area contributed by atoms with Crippen molar-refractivity contribution in [2.45, 2.75) is 6.92 Å². The van der Waals surface area contributed by atoms with Gasteiger partial charge in [-0.25, -0.2) is 4.98 Å². The molecule has 1 aromatic heterocycles. The van der Waals surface area contributed by atoms with Crippen LogP contribution < -0.4 is 9.80 Å². The molecule has 0 saturated carbocycles. The number of aromatic nitrogens is 1. The third-order valence-electron chi connectivity index (χ3n) is 3.42. The van der Waals surface area contributed by atoms with E-state index in [1.165, 1.54) is 11.3 Å². The number of hydrogen-bond acceptors (Lipinski definition) is 4. The van der Waals surface area contributed by atoms with Crippen molar-refractivity contribution in [2.75, 3.05) is 36.0 Å². The summed E-state index contributed by atoms with van der Waals surface area (Å²) in [6.45, 7) is 6.38. The summed E-state index contributed by atoms with van der Waals surface area (Å²) in [6, 6.07) is 8.80. The minimum Gasteiger partial charge on any atom is -0.368 e. The highest BCUT2D eigenvalue weighted by atomic mass is 32.1. The molecule has 4 heteroatoms. The van der Waals surface area contributed by atoms with Crippen molar-refractivity contribution < 1.29 is 0 Å². The van der Waals surface area contributed by atoms with Crippen molar-refractivity contribution in [3.05, 3.63) is 40.7 Å². The van der Waals surface area contributed by atoms with Crippen LogP contribution in [0.15, 0.2) is 35.2 Å². The maximum Gasteiger partial charge on any atom is 0.139 e. The Morgan fingerprint density at radius 3 is 2.28 bits per heavy atom. The second-order valence-electron chi connectivity index (χ2n) is 4.66. The maximum absolute atomic E-state index is 4.38. The number of nitrogens with zero attached hydrogens (tertiary/aromatic N) is 3. The van der Waals surface area contributed by atoms with Crippen LogP contribution in [0, 0.1) is 6.92 Å². The molecule has 1 aromatic carbocycles. The second kappa shape index (κ2) is 4.98.